The van der Waals surface area contributed by atoms with Crippen LogP contribution in [0.15, 0.2) is 12.2 Å². The summed E-state index contributed by atoms with van der Waals surface area (Å²) in [7, 11) is -5.70. The number of phosphoric acid groups is 1. The van der Waals surface area contributed by atoms with E-state index in [1.165, 1.54) is 122 Å². The van der Waals surface area contributed by atoms with Crippen LogP contribution in [0.4, 0.5) is 0 Å². The molecule has 0 aromatic rings. The number of phosphoric ester groups is 1. The maximum Gasteiger partial charge on any atom is 0.472 e. The molecule has 2 saturated heterocycles. The van der Waals surface area contributed by atoms with Crippen LogP contribution >= 0.6 is 7.82 Å². The van der Waals surface area contributed by atoms with E-state index in [4.69, 9.17) is 42.2 Å². The molecule has 99 heavy (non-hydrogen) atoms. The minimum atomic E-state index is -5.70. The monoisotopic (exact) mass is 1440 g/mol. The Morgan fingerprint density at radius 3 is 1.20 bits per heavy atom. The molecule has 24 nitrogen and oxygen atoms in total. The van der Waals surface area contributed by atoms with Crippen LogP contribution in [0.2, 0.25) is 0 Å². The topological polar surface area (TPSA) is 374 Å². The molecule has 0 spiro atoms. The van der Waals surface area contributed by atoms with E-state index in [0.717, 1.165) is 116 Å². The zero-order valence-corrected chi connectivity index (χ0v) is 61.8. The highest BCUT2D eigenvalue weighted by Gasteiger charge is 2.58. The molecule has 11 N–H and O–H groups in total. The van der Waals surface area contributed by atoms with Crippen molar-refractivity contribution in [3.63, 3.8) is 0 Å². The molecule has 2 heterocycles. The first-order valence-corrected chi connectivity index (χ1v) is 40.4. The smallest absolute Gasteiger partial charge is 0.463 e. The van der Waals surface area contributed by atoms with Crippen molar-refractivity contribution in [3.8, 4) is 0 Å². The second kappa shape index (κ2) is 55.2. The number of unbranched alkanes of at least 4 members (excludes halogenated alkanes) is 33. The Labute approximate surface area is 592 Å². The molecule has 1 aliphatic carbocycles. The Balaban J connectivity index is 1.74. The van der Waals surface area contributed by atoms with Crippen molar-refractivity contribution in [1.82, 2.24) is 0 Å². The van der Waals surface area contributed by atoms with Gasteiger partial charge in [0.05, 0.1) is 13.2 Å². The first-order valence-electron chi connectivity index (χ1n) is 38.9. The van der Waals surface area contributed by atoms with Crippen molar-refractivity contribution in [3.05, 3.63) is 12.2 Å². The molecular formula is C74H137O24P. The standard InChI is InChI=1S/C74H137O24P/c1-5-8-11-14-17-19-21-23-24-26-28-29-31-37-42-47-58(76)90-51-55(93-60(78)49-44-39-34-33-36-41-46-54(4)45-40-35-16-13-10-7-3)52-92-99(88,89)98-72-70(96-73-68(86)63(81)61(79)56(50-75)94-73)66(84)65(83)67(85)71(72)97-74-69(87)64(82)62(80)57(95-74)53-91-59(77)48-43-38-32-30-27-25-22-20-18-15-12-9-6-2/h19,21,54-57,61-75,79-87H,5-18,20,22-53H2,1-4H3,(H,88,89)/b21-19-. The fourth-order valence-electron chi connectivity index (χ4n) is 13.0. The molecule has 582 valence electrons. The van der Waals surface area contributed by atoms with E-state index in [-0.39, 0.29) is 19.3 Å². The normalized spacial score (nSPS) is 27.8. The Bertz CT molecular complexity index is 2110. The van der Waals surface area contributed by atoms with Gasteiger partial charge in [0.15, 0.2) is 18.7 Å². The van der Waals surface area contributed by atoms with Crippen LogP contribution in [0.3, 0.4) is 0 Å². The van der Waals surface area contributed by atoms with Crippen LogP contribution in [0, 0.1) is 5.92 Å². The summed E-state index contributed by atoms with van der Waals surface area (Å²) in [6.45, 7) is 5.76. The molecule has 3 fully saturated rings. The fraction of sp³-hybridized carbons (Fsp3) is 0.932. The molecule has 3 rings (SSSR count). The molecule has 2 aliphatic heterocycles. The summed E-state index contributed by atoms with van der Waals surface area (Å²) in [6, 6.07) is 0. The van der Waals surface area contributed by atoms with Crippen LogP contribution in [0.25, 0.3) is 0 Å². The van der Waals surface area contributed by atoms with Crippen molar-refractivity contribution in [2.24, 2.45) is 5.92 Å². The third kappa shape index (κ3) is 38.5. The Kier molecular flexibility index (Phi) is 50.7. The summed E-state index contributed by atoms with van der Waals surface area (Å²) in [6.07, 6.45) is 12.7. The number of hydrogen-bond donors (Lipinski definition) is 11. The highest BCUT2D eigenvalue weighted by atomic mass is 31.2. The first kappa shape index (κ1) is 90.9. The van der Waals surface area contributed by atoms with E-state index in [1.54, 1.807) is 0 Å². The molecule has 1 saturated carbocycles. The highest BCUT2D eigenvalue weighted by Crippen LogP contribution is 2.49. The number of esters is 3. The summed E-state index contributed by atoms with van der Waals surface area (Å²) in [5, 5.41) is 110. The molecule has 19 atom stereocenters. The second-order valence-corrected chi connectivity index (χ2v) is 29.8. The molecular weight excluding hydrogens is 1300 g/mol. The van der Waals surface area contributed by atoms with Crippen molar-refractivity contribution in [1.29, 1.82) is 0 Å². The summed E-state index contributed by atoms with van der Waals surface area (Å²) in [5.41, 5.74) is 0. The second-order valence-electron chi connectivity index (χ2n) is 28.3. The first-order chi connectivity index (χ1) is 47.7. The summed E-state index contributed by atoms with van der Waals surface area (Å²) < 4.78 is 65.1. The van der Waals surface area contributed by atoms with Crippen molar-refractivity contribution in [2.75, 3.05) is 26.4 Å². The largest absolute Gasteiger partial charge is 0.472 e. The molecule has 0 amide bonds. The van der Waals surface area contributed by atoms with E-state index in [1.807, 2.05) is 0 Å². The van der Waals surface area contributed by atoms with Crippen molar-refractivity contribution in [2.45, 2.75) is 408 Å². The van der Waals surface area contributed by atoms with E-state index in [9.17, 15) is 74.9 Å². The number of ether oxygens (including phenoxy) is 7. The Hall–Kier alpha value is -2.30. The number of hydrogen-bond acceptors (Lipinski definition) is 23. The van der Waals surface area contributed by atoms with E-state index in [0.29, 0.717) is 25.2 Å². The van der Waals surface area contributed by atoms with Crippen LogP contribution in [0.5, 0.6) is 0 Å². The van der Waals surface area contributed by atoms with Gasteiger partial charge >= 0.3 is 25.7 Å². The van der Waals surface area contributed by atoms with Gasteiger partial charge in [-0.2, -0.15) is 0 Å². The maximum atomic E-state index is 14.4. The lowest BCUT2D eigenvalue weighted by atomic mass is 9.84. The fourth-order valence-corrected chi connectivity index (χ4v) is 14.0. The lowest BCUT2D eigenvalue weighted by Gasteiger charge is -2.49. The molecule has 0 aromatic heterocycles. The van der Waals surface area contributed by atoms with Gasteiger partial charge in [-0.1, -0.05) is 252 Å². The average molecular weight is 1440 g/mol. The van der Waals surface area contributed by atoms with E-state index >= 15 is 0 Å². The SMILES string of the molecule is CCCCCC/C=C\CCCCCCCCCC(=O)OCC(COP(=O)(O)OC1C(OC2OC(CO)C(O)C(O)C2O)C(O)C(O)C(O)C1OC1OC(COC(=O)CCCCCCCCCCCCCCC)C(O)C(O)C1O)OC(=O)CCCCCCCCC(C)CCCCCCCC. The van der Waals surface area contributed by atoms with Gasteiger partial charge in [0.1, 0.15) is 98.7 Å². The molecule has 3 aliphatic rings. The van der Waals surface area contributed by atoms with Gasteiger partial charge in [-0.05, 0) is 50.9 Å². The molecule has 25 heteroatoms. The van der Waals surface area contributed by atoms with Crippen molar-refractivity contribution >= 4 is 25.7 Å². The highest BCUT2D eigenvalue weighted by molar-refractivity contribution is 7.47. The summed E-state index contributed by atoms with van der Waals surface area (Å²) in [5.74, 6) is -1.31. The van der Waals surface area contributed by atoms with Crippen LogP contribution in [0.1, 0.15) is 304 Å². The number of aliphatic hydroxyl groups excluding tert-OH is 10. The predicted molar refractivity (Wildman–Crippen MR) is 375 cm³/mol. The zero-order chi connectivity index (χ0) is 72.6. The number of rotatable bonds is 60. The van der Waals surface area contributed by atoms with Crippen LogP contribution in [-0.2, 0) is 61.2 Å². The lowest BCUT2D eigenvalue weighted by Crippen LogP contribution is -2.69. The van der Waals surface area contributed by atoms with Gasteiger partial charge in [0.25, 0.3) is 0 Å². The van der Waals surface area contributed by atoms with Gasteiger partial charge in [0, 0.05) is 19.3 Å². The van der Waals surface area contributed by atoms with Gasteiger partial charge in [-0.25, -0.2) is 4.57 Å². The molecule has 0 radical (unpaired) electrons. The van der Waals surface area contributed by atoms with Crippen LogP contribution in [-0.4, -0.2) is 204 Å². The minimum absolute atomic E-state index is 0.0318. The van der Waals surface area contributed by atoms with E-state index < -0.39 is 156 Å². The number of carbonyl (C=O) groups is 3. The summed E-state index contributed by atoms with van der Waals surface area (Å²) >= 11 is 0. The summed E-state index contributed by atoms with van der Waals surface area (Å²) in [4.78, 5) is 51.1. The van der Waals surface area contributed by atoms with Gasteiger partial charge in [-0.15, -0.1) is 0 Å². The van der Waals surface area contributed by atoms with Gasteiger partial charge in [-0.3, -0.25) is 23.4 Å². The lowest BCUT2D eigenvalue weighted by molar-refractivity contribution is -0.360. The maximum absolute atomic E-state index is 14.4. The molecule has 0 aromatic carbocycles. The minimum Gasteiger partial charge on any atom is -0.463 e. The molecule has 19 unspecified atom stereocenters. The van der Waals surface area contributed by atoms with Crippen LogP contribution < -0.4 is 0 Å². The molecule has 0 bridgehead atoms. The third-order valence-electron chi connectivity index (χ3n) is 19.4. The number of aliphatic hydroxyl groups is 10. The number of allylic oxidation sites excluding steroid dienone is 2. The number of carbonyl (C=O) groups excluding carboxylic acids is 3. The van der Waals surface area contributed by atoms with Crippen molar-refractivity contribution < 1.29 is 117 Å². The van der Waals surface area contributed by atoms with Gasteiger partial charge < -0.3 is 89.1 Å². The Morgan fingerprint density at radius 1 is 0.414 bits per heavy atom. The third-order valence-corrected chi connectivity index (χ3v) is 20.4. The zero-order valence-electron chi connectivity index (χ0n) is 61.0. The van der Waals surface area contributed by atoms with E-state index in [2.05, 4.69) is 39.8 Å². The Morgan fingerprint density at radius 2 is 0.768 bits per heavy atom. The quantitative estimate of drug-likeness (QED) is 0.00886. The van der Waals surface area contributed by atoms with Gasteiger partial charge in [0.2, 0.25) is 0 Å². The average Bonchev–Trinajstić information content (AvgIpc) is 0.761. The predicted octanol–water partition coefficient (Wildman–Crippen LogP) is 11.0.